The van der Waals surface area contributed by atoms with Crippen LogP contribution in [-0.4, -0.2) is 74.7 Å². The third-order valence-electron chi connectivity index (χ3n) is 7.59. The van der Waals surface area contributed by atoms with E-state index in [9.17, 15) is 19.1 Å². The van der Waals surface area contributed by atoms with Gasteiger partial charge in [0.2, 0.25) is 0 Å². The average molecular weight is 607 g/mol. The first kappa shape index (κ1) is 27.9. The number of carbonyl (C=O) groups is 2. The van der Waals surface area contributed by atoms with Crippen molar-refractivity contribution in [2.45, 2.75) is 49.7 Å². The van der Waals surface area contributed by atoms with Gasteiger partial charge in [-0.3, -0.25) is 9.88 Å². The van der Waals surface area contributed by atoms with Crippen LogP contribution in [0.2, 0.25) is 0 Å². The van der Waals surface area contributed by atoms with Crippen LogP contribution in [0, 0.1) is 5.82 Å². The minimum Gasteiger partial charge on any atom is -0.497 e. The molecule has 7 rings (SSSR count). The van der Waals surface area contributed by atoms with Crippen molar-refractivity contribution in [1.82, 2.24) is 24.8 Å². The maximum Gasteiger partial charge on any atom is 0.339 e. The van der Waals surface area contributed by atoms with Gasteiger partial charge >= 0.3 is 12.0 Å². The molecule has 2 aromatic heterocycles. The molecular formula is C29H27FN6O8. The van der Waals surface area contributed by atoms with Crippen LogP contribution in [0.1, 0.15) is 41.3 Å². The maximum atomic E-state index is 13.6. The van der Waals surface area contributed by atoms with Crippen LogP contribution in [0.3, 0.4) is 0 Å². The van der Waals surface area contributed by atoms with Crippen LogP contribution in [0.25, 0.3) is 11.2 Å². The lowest BCUT2D eigenvalue weighted by molar-refractivity contribution is -0.152. The highest BCUT2D eigenvalue weighted by atomic mass is 19.1. The number of aromatic nitrogens is 4. The van der Waals surface area contributed by atoms with E-state index >= 15 is 0 Å². The van der Waals surface area contributed by atoms with Crippen LogP contribution < -0.4 is 20.1 Å². The molecule has 14 nitrogen and oxygen atoms in total. The van der Waals surface area contributed by atoms with Gasteiger partial charge in [-0.1, -0.05) is 12.1 Å². The predicted molar refractivity (Wildman–Crippen MR) is 149 cm³/mol. The molecule has 4 heterocycles. The number of halogens is 1. The summed E-state index contributed by atoms with van der Waals surface area (Å²) in [6.45, 7) is -0.0969. The third-order valence-corrected chi connectivity index (χ3v) is 7.59. The summed E-state index contributed by atoms with van der Waals surface area (Å²) in [5, 5.41) is 15.2. The van der Waals surface area contributed by atoms with Crippen LogP contribution in [0.15, 0.2) is 55.1 Å². The van der Waals surface area contributed by atoms with Gasteiger partial charge in [-0.2, -0.15) is 0 Å². The van der Waals surface area contributed by atoms with Crippen LogP contribution in [0.4, 0.5) is 15.0 Å². The second-order valence-corrected chi connectivity index (χ2v) is 10.5. The quantitative estimate of drug-likeness (QED) is 0.255. The number of benzene rings is 2. The van der Waals surface area contributed by atoms with Crippen molar-refractivity contribution in [1.29, 1.82) is 0 Å². The molecule has 0 spiro atoms. The molecule has 1 saturated carbocycles. The zero-order valence-electron chi connectivity index (χ0n) is 23.3. The number of imidazole rings is 1. The molecule has 2 saturated heterocycles. The Hall–Kier alpha value is -4.86. The number of carboxylic acids is 1. The largest absolute Gasteiger partial charge is 0.497 e. The first-order chi connectivity index (χ1) is 21.4. The first-order valence-electron chi connectivity index (χ1n) is 13.9. The van der Waals surface area contributed by atoms with Crippen LogP contribution in [0.5, 0.6) is 11.5 Å². The number of anilines is 1. The molecule has 2 aliphatic heterocycles. The average Bonchev–Trinajstić information content (AvgIpc) is 3.41. The van der Waals surface area contributed by atoms with Crippen molar-refractivity contribution >= 4 is 29.0 Å². The number of methoxy groups -OCH3 is 1. The molecule has 0 radical (unpaired) electrons. The molecule has 1 aliphatic carbocycles. The van der Waals surface area contributed by atoms with E-state index in [0.29, 0.717) is 22.5 Å². The Bertz CT molecular complexity index is 1710. The standard InChI is InChI=1S/C29H27FN6O8/c1-40-17-8-9-18(27(37)38)19(10-17)41-11-20-22-23(44-28(43-22)14-2-4-15(30)5-3-14)26(42-20)36-13-33-21-24(31-12-32-25(21)36)35-29(39)34-16-6-7-16/h2-5,8-10,12-13,16,20,22-23,26,28H,6-7,11H2,1H3,(H,37,38)(H2,31,32,34,35,39)/t20?,22?,23?,26?,28-/m0/s1. The van der Waals surface area contributed by atoms with Crippen LogP contribution in [-0.2, 0) is 14.2 Å². The Balaban J connectivity index is 1.18. The van der Waals surface area contributed by atoms with E-state index in [0.717, 1.165) is 12.8 Å². The van der Waals surface area contributed by atoms with Gasteiger partial charge < -0.3 is 34.1 Å². The number of urea groups is 1. The summed E-state index contributed by atoms with van der Waals surface area (Å²) < 4.78 is 45.5. The van der Waals surface area contributed by atoms with Gasteiger partial charge in [0.25, 0.3) is 0 Å². The first-order valence-corrected chi connectivity index (χ1v) is 13.9. The molecular weight excluding hydrogens is 579 g/mol. The monoisotopic (exact) mass is 606 g/mol. The Morgan fingerprint density at radius 2 is 1.86 bits per heavy atom. The predicted octanol–water partition coefficient (Wildman–Crippen LogP) is 3.42. The van der Waals surface area contributed by atoms with E-state index in [4.69, 9.17) is 23.7 Å². The second kappa shape index (κ2) is 11.3. The van der Waals surface area contributed by atoms with Gasteiger partial charge in [0.15, 0.2) is 29.5 Å². The van der Waals surface area contributed by atoms with Crippen molar-refractivity contribution in [3.8, 4) is 11.5 Å². The molecule has 3 N–H and O–H groups in total. The number of rotatable bonds is 9. The van der Waals surface area contributed by atoms with E-state index in [1.54, 1.807) is 16.7 Å². The third kappa shape index (κ3) is 5.36. The number of amides is 2. The topological polar surface area (TPSA) is 168 Å². The van der Waals surface area contributed by atoms with Gasteiger partial charge in [0, 0.05) is 17.7 Å². The zero-order valence-corrected chi connectivity index (χ0v) is 23.3. The summed E-state index contributed by atoms with van der Waals surface area (Å²) in [5.41, 5.74) is 1.27. The lowest BCUT2D eigenvalue weighted by Gasteiger charge is -2.22. The smallest absolute Gasteiger partial charge is 0.339 e. The van der Waals surface area contributed by atoms with Gasteiger partial charge in [-0.05, 0) is 37.1 Å². The molecule has 2 amide bonds. The van der Waals surface area contributed by atoms with E-state index in [1.165, 1.54) is 50.1 Å². The number of ether oxygens (including phenoxy) is 5. The fraction of sp³-hybridized carbons (Fsp3) is 0.345. The summed E-state index contributed by atoms with van der Waals surface area (Å²) in [4.78, 5) is 37.2. The Morgan fingerprint density at radius 1 is 1.07 bits per heavy atom. The second-order valence-electron chi connectivity index (χ2n) is 10.5. The number of nitrogens with one attached hydrogen (secondary N) is 2. The highest BCUT2D eigenvalue weighted by molar-refractivity contribution is 5.96. The minimum absolute atomic E-state index is 0.0484. The molecule has 4 unspecified atom stereocenters. The summed E-state index contributed by atoms with van der Waals surface area (Å²) in [5.74, 6) is -0.817. The Morgan fingerprint density at radius 3 is 2.61 bits per heavy atom. The summed E-state index contributed by atoms with van der Waals surface area (Å²) in [7, 11) is 1.47. The summed E-state index contributed by atoms with van der Waals surface area (Å²) in [6, 6.07) is 9.95. The lowest BCUT2D eigenvalue weighted by atomic mass is 10.1. The van der Waals surface area contributed by atoms with E-state index in [-0.39, 0.29) is 35.8 Å². The highest BCUT2D eigenvalue weighted by Crippen LogP contribution is 2.45. The molecule has 2 aromatic carbocycles. The Kier molecular flexibility index (Phi) is 7.20. The molecule has 0 bridgehead atoms. The zero-order chi connectivity index (χ0) is 30.4. The molecule has 5 atom stereocenters. The normalized spacial score (nSPS) is 24.2. The van der Waals surface area contributed by atoms with Crippen LogP contribution >= 0.6 is 0 Å². The van der Waals surface area contributed by atoms with Crippen molar-refractivity contribution in [2.24, 2.45) is 0 Å². The van der Waals surface area contributed by atoms with Crippen molar-refractivity contribution in [3.05, 3.63) is 72.1 Å². The van der Waals surface area contributed by atoms with Gasteiger partial charge in [0.1, 0.15) is 54.1 Å². The van der Waals surface area contributed by atoms with Gasteiger partial charge in [-0.15, -0.1) is 0 Å². The fourth-order valence-electron chi connectivity index (χ4n) is 5.25. The summed E-state index contributed by atoms with van der Waals surface area (Å²) in [6.07, 6.45) is 0.949. The summed E-state index contributed by atoms with van der Waals surface area (Å²) >= 11 is 0. The van der Waals surface area contributed by atoms with Crippen molar-refractivity contribution in [2.75, 3.05) is 19.0 Å². The van der Waals surface area contributed by atoms with E-state index in [1.807, 2.05) is 0 Å². The number of carbonyl (C=O) groups excluding carboxylic acids is 1. The molecule has 4 aromatic rings. The number of nitrogens with zero attached hydrogens (tertiary/aromatic N) is 4. The van der Waals surface area contributed by atoms with Gasteiger partial charge in [-0.25, -0.2) is 28.9 Å². The van der Waals surface area contributed by atoms with E-state index < -0.39 is 42.6 Å². The van der Waals surface area contributed by atoms with E-state index in [2.05, 4.69) is 25.6 Å². The SMILES string of the molecule is COc1ccc(C(=O)O)c(OCC2OC(n3cnc4c(NC(=O)NC5CC5)ncnc43)C3O[C@@H](c4ccc(F)cc4)OC23)c1. The number of hydrogen-bond donors (Lipinski definition) is 3. The number of aromatic carboxylic acids is 1. The molecule has 228 valence electrons. The lowest BCUT2D eigenvalue weighted by Crippen LogP contribution is -2.33. The Labute approximate surface area is 249 Å². The number of hydrogen-bond acceptors (Lipinski definition) is 10. The fourth-order valence-corrected chi connectivity index (χ4v) is 5.25. The van der Waals surface area contributed by atoms with Crippen molar-refractivity contribution in [3.63, 3.8) is 0 Å². The molecule has 3 fully saturated rings. The molecule has 3 aliphatic rings. The highest BCUT2D eigenvalue weighted by Gasteiger charge is 2.54. The number of fused-ring (bicyclic) bond motifs is 2. The number of carboxylic acid groups (broad SMARTS) is 1. The maximum absolute atomic E-state index is 13.6. The van der Waals surface area contributed by atoms with Crippen molar-refractivity contribution < 1.29 is 42.8 Å². The molecule has 15 heteroatoms. The molecule has 44 heavy (non-hydrogen) atoms. The van der Waals surface area contributed by atoms with Gasteiger partial charge in [0.05, 0.1) is 13.4 Å². The minimum atomic E-state index is -1.16.